The molecule has 0 aliphatic carbocycles. The summed E-state index contributed by atoms with van der Waals surface area (Å²) in [5.74, 6) is 0.798. The summed E-state index contributed by atoms with van der Waals surface area (Å²) in [6, 6.07) is 7.47. The minimum Gasteiger partial charge on any atom is -0.491 e. The van der Waals surface area contributed by atoms with Crippen molar-refractivity contribution in [3.05, 3.63) is 24.3 Å². The first kappa shape index (κ1) is 16.2. The van der Waals surface area contributed by atoms with E-state index in [9.17, 15) is 4.79 Å². The summed E-state index contributed by atoms with van der Waals surface area (Å²) in [7, 11) is 0. The maximum atomic E-state index is 12.0. The molecule has 2 heterocycles. The first-order valence-corrected chi connectivity index (χ1v) is 8.24. The second-order valence-corrected chi connectivity index (χ2v) is 5.91. The van der Waals surface area contributed by atoms with Crippen LogP contribution in [-0.2, 0) is 14.3 Å². The number of benzene rings is 1. The first-order valence-electron chi connectivity index (χ1n) is 8.24. The van der Waals surface area contributed by atoms with Crippen molar-refractivity contribution in [1.29, 1.82) is 0 Å². The topological polar surface area (TPSA) is 60.0 Å². The zero-order chi connectivity index (χ0) is 15.9. The minimum absolute atomic E-state index is 0.0000704. The van der Waals surface area contributed by atoms with Gasteiger partial charge in [0, 0.05) is 25.4 Å². The lowest BCUT2D eigenvalue weighted by molar-refractivity contribution is -0.118. The molecule has 2 fully saturated rings. The predicted molar refractivity (Wildman–Crippen MR) is 86.8 cm³/mol. The van der Waals surface area contributed by atoms with Crippen LogP contribution in [0.2, 0.25) is 0 Å². The van der Waals surface area contributed by atoms with Gasteiger partial charge in [0.15, 0.2) is 0 Å². The van der Waals surface area contributed by atoms with Gasteiger partial charge < -0.3 is 19.5 Å². The first-order chi connectivity index (χ1) is 11.3. The molecule has 2 saturated heterocycles. The van der Waals surface area contributed by atoms with Gasteiger partial charge in [0.05, 0.1) is 25.9 Å². The molecule has 1 atom stereocenters. The van der Waals surface area contributed by atoms with Crippen LogP contribution >= 0.6 is 0 Å². The van der Waals surface area contributed by atoms with Crippen LogP contribution in [0.3, 0.4) is 0 Å². The number of morpholine rings is 1. The van der Waals surface area contributed by atoms with Gasteiger partial charge in [-0.25, -0.2) is 0 Å². The summed E-state index contributed by atoms with van der Waals surface area (Å²) in [6.07, 6.45) is 2.39. The summed E-state index contributed by atoms with van der Waals surface area (Å²) in [5, 5.41) is 2.91. The molecule has 1 aromatic rings. The van der Waals surface area contributed by atoms with Gasteiger partial charge in [0.25, 0.3) is 0 Å². The highest BCUT2D eigenvalue weighted by molar-refractivity contribution is 5.92. The second-order valence-electron chi connectivity index (χ2n) is 5.91. The van der Waals surface area contributed by atoms with Gasteiger partial charge in [0.1, 0.15) is 12.4 Å². The van der Waals surface area contributed by atoms with Gasteiger partial charge in [-0.3, -0.25) is 9.69 Å². The van der Waals surface area contributed by atoms with E-state index in [1.165, 1.54) is 0 Å². The van der Waals surface area contributed by atoms with Crippen molar-refractivity contribution in [2.45, 2.75) is 18.9 Å². The average molecular weight is 320 g/mol. The Labute approximate surface area is 136 Å². The Balaban J connectivity index is 1.42. The van der Waals surface area contributed by atoms with Crippen molar-refractivity contribution in [3.8, 4) is 5.75 Å². The Kier molecular flexibility index (Phi) is 5.85. The Morgan fingerprint density at radius 1 is 1.22 bits per heavy atom. The molecule has 6 nitrogen and oxygen atoms in total. The van der Waals surface area contributed by atoms with Gasteiger partial charge in [-0.1, -0.05) is 0 Å². The number of carbonyl (C=O) groups is 1. The Bertz CT molecular complexity index is 494. The summed E-state index contributed by atoms with van der Waals surface area (Å²) < 4.78 is 16.5. The number of nitrogens with one attached hydrogen (secondary N) is 1. The van der Waals surface area contributed by atoms with E-state index in [4.69, 9.17) is 14.2 Å². The van der Waals surface area contributed by atoms with E-state index < -0.39 is 0 Å². The van der Waals surface area contributed by atoms with Crippen molar-refractivity contribution in [2.75, 3.05) is 51.4 Å². The van der Waals surface area contributed by atoms with Crippen LogP contribution in [0.4, 0.5) is 5.69 Å². The Morgan fingerprint density at radius 3 is 2.70 bits per heavy atom. The Hall–Kier alpha value is -1.63. The van der Waals surface area contributed by atoms with E-state index in [1.54, 1.807) is 0 Å². The van der Waals surface area contributed by atoms with Crippen LogP contribution < -0.4 is 10.1 Å². The zero-order valence-corrected chi connectivity index (χ0v) is 13.3. The van der Waals surface area contributed by atoms with E-state index >= 15 is 0 Å². The van der Waals surface area contributed by atoms with Crippen molar-refractivity contribution >= 4 is 11.6 Å². The number of hydrogen-bond donors (Lipinski definition) is 1. The Morgan fingerprint density at radius 2 is 2.00 bits per heavy atom. The molecule has 1 aromatic carbocycles. The molecule has 2 aliphatic rings. The summed E-state index contributed by atoms with van der Waals surface area (Å²) in [6.45, 7) is 4.84. The molecule has 0 saturated carbocycles. The predicted octanol–water partition coefficient (Wildman–Crippen LogP) is 1.52. The molecule has 126 valence electrons. The smallest absolute Gasteiger partial charge is 0.238 e. The van der Waals surface area contributed by atoms with Crippen LogP contribution in [0.25, 0.3) is 0 Å². The molecular formula is C17H24N2O4. The van der Waals surface area contributed by atoms with Crippen LogP contribution in [0, 0.1) is 0 Å². The van der Waals surface area contributed by atoms with Gasteiger partial charge in [-0.15, -0.1) is 0 Å². The number of nitrogens with zero attached hydrogens (tertiary/aromatic N) is 1. The average Bonchev–Trinajstić information content (AvgIpc) is 3.08. The molecule has 0 radical (unpaired) electrons. The third-order valence-electron chi connectivity index (χ3n) is 4.07. The summed E-state index contributed by atoms with van der Waals surface area (Å²) >= 11 is 0. The molecular weight excluding hydrogens is 296 g/mol. The maximum absolute atomic E-state index is 12.0. The van der Waals surface area contributed by atoms with E-state index in [1.807, 2.05) is 24.3 Å². The third kappa shape index (κ3) is 5.20. The lowest BCUT2D eigenvalue weighted by atomic mass is 10.2. The van der Waals surface area contributed by atoms with Gasteiger partial charge >= 0.3 is 0 Å². The van der Waals surface area contributed by atoms with Crippen LogP contribution in [0.15, 0.2) is 24.3 Å². The van der Waals surface area contributed by atoms with Gasteiger partial charge in [-0.05, 0) is 37.1 Å². The van der Waals surface area contributed by atoms with Crippen molar-refractivity contribution < 1.29 is 19.0 Å². The monoisotopic (exact) mass is 320 g/mol. The lowest BCUT2D eigenvalue weighted by Gasteiger charge is -2.25. The normalized spacial score (nSPS) is 22.0. The molecule has 2 aliphatic heterocycles. The van der Waals surface area contributed by atoms with Crippen LogP contribution in [0.1, 0.15) is 12.8 Å². The number of rotatable bonds is 6. The molecule has 1 unspecified atom stereocenters. The lowest BCUT2D eigenvalue weighted by Crippen LogP contribution is -2.41. The van der Waals surface area contributed by atoms with E-state index in [0.29, 0.717) is 26.4 Å². The van der Waals surface area contributed by atoms with Gasteiger partial charge in [-0.2, -0.15) is 0 Å². The number of carbonyl (C=O) groups excluding carboxylic acids is 1. The SMILES string of the molecule is O=C(CN1CCOCC1)Nc1ccc(OCC2CCCO2)cc1. The van der Waals surface area contributed by atoms with E-state index in [-0.39, 0.29) is 12.0 Å². The van der Waals surface area contributed by atoms with Crippen LogP contribution in [-0.4, -0.2) is 63.0 Å². The zero-order valence-electron chi connectivity index (χ0n) is 13.3. The highest BCUT2D eigenvalue weighted by Gasteiger charge is 2.16. The summed E-state index contributed by atoms with van der Waals surface area (Å²) in [5.41, 5.74) is 0.785. The standard InChI is InChI=1S/C17H24N2O4/c20-17(12-19-7-10-21-11-8-19)18-14-3-5-15(6-4-14)23-13-16-2-1-9-22-16/h3-6,16H,1-2,7-13H2,(H,18,20). The van der Waals surface area contributed by atoms with Gasteiger partial charge in [0.2, 0.25) is 5.91 Å². The molecule has 6 heteroatoms. The van der Waals surface area contributed by atoms with Crippen molar-refractivity contribution in [3.63, 3.8) is 0 Å². The quantitative estimate of drug-likeness (QED) is 0.861. The highest BCUT2D eigenvalue weighted by atomic mass is 16.5. The number of amides is 1. The molecule has 1 N–H and O–H groups in total. The largest absolute Gasteiger partial charge is 0.491 e. The van der Waals surface area contributed by atoms with Crippen molar-refractivity contribution in [2.24, 2.45) is 0 Å². The molecule has 3 rings (SSSR count). The molecule has 1 amide bonds. The minimum atomic E-state index is -0.0000704. The molecule has 0 spiro atoms. The fraction of sp³-hybridized carbons (Fsp3) is 0.588. The van der Waals surface area contributed by atoms with Crippen LogP contribution in [0.5, 0.6) is 5.75 Å². The number of anilines is 1. The number of hydrogen-bond acceptors (Lipinski definition) is 5. The molecule has 23 heavy (non-hydrogen) atoms. The summed E-state index contributed by atoms with van der Waals surface area (Å²) in [4.78, 5) is 14.1. The molecule has 0 aromatic heterocycles. The van der Waals surface area contributed by atoms with E-state index in [2.05, 4.69) is 10.2 Å². The molecule has 0 bridgehead atoms. The fourth-order valence-electron chi connectivity index (χ4n) is 2.76. The van der Waals surface area contributed by atoms with Crippen molar-refractivity contribution in [1.82, 2.24) is 4.90 Å². The number of ether oxygens (including phenoxy) is 3. The van der Waals surface area contributed by atoms with E-state index in [0.717, 1.165) is 44.0 Å². The highest BCUT2D eigenvalue weighted by Crippen LogP contribution is 2.18. The fourth-order valence-corrected chi connectivity index (χ4v) is 2.76. The second kappa shape index (κ2) is 8.29. The maximum Gasteiger partial charge on any atom is 0.238 e. The third-order valence-corrected chi connectivity index (χ3v) is 4.07.